The molecule has 43 heavy (non-hydrogen) atoms. The second-order valence-electron chi connectivity index (χ2n) is 11.6. The van der Waals surface area contributed by atoms with Crippen molar-refractivity contribution in [2.75, 3.05) is 0 Å². The van der Waals surface area contributed by atoms with Crippen LogP contribution < -0.4 is 0 Å². The van der Waals surface area contributed by atoms with Gasteiger partial charge >= 0.3 is 0 Å². The molecule has 0 aliphatic heterocycles. The van der Waals surface area contributed by atoms with E-state index in [1.807, 2.05) is 109 Å². The summed E-state index contributed by atoms with van der Waals surface area (Å²) in [6.45, 7) is 0. The average molecular weight is 613 g/mol. The first-order chi connectivity index (χ1) is 20.5. The molecule has 4 atom stereocenters. The summed E-state index contributed by atoms with van der Waals surface area (Å²) in [6.07, 6.45) is 21.8. The van der Waals surface area contributed by atoms with E-state index in [-0.39, 0.29) is 29.1 Å². The molecule has 220 valence electrons. The first-order valence-electron chi connectivity index (χ1n) is 14.1. The maximum Gasteiger partial charge on any atom is 0.291 e. The third-order valence-corrected chi connectivity index (χ3v) is 11.3. The van der Waals surface area contributed by atoms with Gasteiger partial charge in [0.05, 0.1) is 9.81 Å². The van der Waals surface area contributed by atoms with Gasteiger partial charge < -0.3 is 0 Å². The molecule has 0 saturated carbocycles. The van der Waals surface area contributed by atoms with Crippen molar-refractivity contribution < 1.29 is 25.9 Å². The molecule has 2 aromatic carbocycles. The molecule has 6 rings (SSSR count). The molecule has 0 bridgehead atoms. The molecule has 6 nitrogen and oxygen atoms in total. The van der Waals surface area contributed by atoms with Gasteiger partial charge in [-0.2, -0.15) is 16.8 Å². The van der Waals surface area contributed by atoms with E-state index in [9.17, 15) is 25.9 Å². The Labute approximate surface area is 253 Å². The zero-order chi connectivity index (χ0) is 30.3. The Morgan fingerprint density at radius 3 is 1.33 bits per heavy atom. The number of allylic oxidation sites excluding steroid dienone is 16. The van der Waals surface area contributed by atoms with Crippen LogP contribution >= 0.6 is 0 Å². The van der Waals surface area contributed by atoms with Crippen molar-refractivity contribution in [3.63, 3.8) is 0 Å². The predicted octanol–water partition coefficient (Wildman–Crippen LogP) is 6.74. The van der Waals surface area contributed by atoms with E-state index in [4.69, 9.17) is 0 Å². The Morgan fingerprint density at radius 1 is 0.558 bits per heavy atom. The lowest BCUT2D eigenvalue weighted by atomic mass is 9.52. The van der Waals surface area contributed by atoms with Gasteiger partial charge in [0.25, 0.3) is 20.2 Å². The molecule has 0 unspecified atom stereocenters. The highest BCUT2D eigenvalue weighted by Crippen LogP contribution is 2.61. The van der Waals surface area contributed by atoms with E-state index in [0.29, 0.717) is 0 Å². The average Bonchev–Trinajstić information content (AvgIpc) is 2.97. The highest BCUT2D eigenvalue weighted by atomic mass is 32.2. The third-order valence-electron chi connectivity index (χ3n) is 9.06. The standard InChI is InChI=1S/C35H32O6S2/c36-42(37,38)32-21-19-28-15-7-9-17-30(28)34(32,23-26-11-3-1-4-12-26)25-35(24-27-13-5-2-6-14-27)31-18-10-8-16-29(31)20-22-33(35)43(39,40)41/h1-22,30-31H,23-25H2,(H,36,37,38)(H,39,40,41)/t30-,31+,34+,35-. The molecule has 2 aromatic rings. The van der Waals surface area contributed by atoms with Gasteiger partial charge in [-0.1, -0.05) is 121 Å². The lowest BCUT2D eigenvalue weighted by Gasteiger charge is -2.53. The maximum absolute atomic E-state index is 13.3. The Kier molecular flexibility index (Phi) is 7.50. The lowest BCUT2D eigenvalue weighted by Crippen LogP contribution is -2.49. The quantitative estimate of drug-likeness (QED) is 0.320. The normalized spacial score (nSPS) is 27.9. The van der Waals surface area contributed by atoms with E-state index in [2.05, 4.69) is 0 Å². The van der Waals surface area contributed by atoms with E-state index in [0.717, 1.165) is 22.3 Å². The minimum Gasteiger partial charge on any atom is -0.282 e. The molecule has 2 N–H and O–H groups in total. The summed E-state index contributed by atoms with van der Waals surface area (Å²) in [5.74, 6) is -1.01. The number of rotatable bonds is 8. The van der Waals surface area contributed by atoms with E-state index in [1.54, 1.807) is 12.2 Å². The minimum absolute atomic E-state index is 0.0125. The highest BCUT2D eigenvalue weighted by molar-refractivity contribution is 7.90. The molecular formula is C35H32O6S2. The number of hydrogen-bond donors (Lipinski definition) is 2. The van der Waals surface area contributed by atoms with Gasteiger partial charge in [0.1, 0.15) is 0 Å². The van der Waals surface area contributed by atoms with Crippen LogP contribution in [0.4, 0.5) is 0 Å². The van der Waals surface area contributed by atoms with Crippen molar-refractivity contribution in [3.05, 3.63) is 166 Å². The van der Waals surface area contributed by atoms with Crippen LogP contribution in [-0.2, 0) is 33.1 Å². The molecule has 0 heterocycles. The second kappa shape index (κ2) is 11.0. The zero-order valence-corrected chi connectivity index (χ0v) is 25.0. The second-order valence-corrected chi connectivity index (χ2v) is 14.4. The Morgan fingerprint density at radius 2 is 0.953 bits per heavy atom. The zero-order valence-electron chi connectivity index (χ0n) is 23.3. The van der Waals surface area contributed by atoms with Crippen LogP contribution in [0.25, 0.3) is 0 Å². The number of benzene rings is 2. The Bertz CT molecular complexity index is 1750. The first-order valence-corrected chi connectivity index (χ1v) is 17.0. The number of hydrogen-bond acceptors (Lipinski definition) is 4. The summed E-state index contributed by atoms with van der Waals surface area (Å²) < 4.78 is 75.0. The molecule has 4 aliphatic carbocycles. The van der Waals surface area contributed by atoms with Crippen LogP contribution in [0, 0.1) is 22.7 Å². The molecule has 0 spiro atoms. The van der Waals surface area contributed by atoms with Crippen molar-refractivity contribution in [3.8, 4) is 0 Å². The highest BCUT2D eigenvalue weighted by Gasteiger charge is 2.58. The summed E-state index contributed by atoms with van der Waals surface area (Å²) in [4.78, 5) is -0.350. The van der Waals surface area contributed by atoms with Crippen LogP contribution in [0.2, 0.25) is 0 Å². The van der Waals surface area contributed by atoms with Crippen LogP contribution in [0.1, 0.15) is 17.5 Å². The van der Waals surface area contributed by atoms with E-state index < -0.39 is 42.9 Å². The van der Waals surface area contributed by atoms with E-state index >= 15 is 0 Å². The summed E-state index contributed by atoms with van der Waals surface area (Å²) in [6, 6.07) is 18.9. The van der Waals surface area contributed by atoms with Gasteiger partial charge in [0, 0.05) is 22.7 Å². The summed E-state index contributed by atoms with van der Waals surface area (Å²) in [5, 5.41) is 0. The minimum atomic E-state index is -4.76. The van der Waals surface area contributed by atoms with Gasteiger partial charge in [-0.25, -0.2) is 0 Å². The van der Waals surface area contributed by atoms with Gasteiger partial charge in [-0.05, 0) is 53.7 Å². The molecule has 0 saturated heterocycles. The SMILES string of the molecule is O=S(=O)(O)C1=CC=C2C=CC=C[C@H]2[C@]1(Cc1ccccc1)C[C@@]1(Cc2ccccc2)C(S(=O)(=O)O)=CC=C2C=CC=C[C@@H]21. The molecular weight excluding hydrogens is 581 g/mol. The van der Waals surface area contributed by atoms with Crippen LogP contribution in [0.3, 0.4) is 0 Å². The van der Waals surface area contributed by atoms with Crippen LogP contribution in [0.15, 0.2) is 155 Å². The topological polar surface area (TPSA) is 109 Å². The molecule has 0 aromatic heterocycles. The van der Waals surface area contributed by atoms with Gasteiger partial charge in [-0.3, -0.25) is 9.11 Å². The van der Waals surface area contributed by atoms with E-state index in [1.165, 1.54) is 12.2 Å². The van der Waals surface area contributed by atoms with Crippen molar-refractivity contribution >= 4 is 20.2 Å². The lowest BCUT2D eigenvalue weighted by molar-refractivity contribution is 0.138. The summed E-state index contributed by atoms with van der Waals surface area (Å²) >= 11 is 0. The maximum atomic E-state index is 13.3. The smallest absolute Gasteiger partial charge is 0.282 e. The first kappa shape index (κ1) is 29.3. The monoisotopic (exact) mass is 612 g/mol. The summed E-state index contributed by atoms with van der Waals surface area (Å²) in [5.41, 5.74) is 0.720. The predicted molar refractivity (Wildman–Crippen MR) is 169 cm³/mol. The van der Waals surface area contributed by atoms with Crippen molar-refractivity contribution in [1.82, 2.24) is 0 Å². The van der Waals surface area contributed by atoms with Crippen molar-refractivity contribution in [2.24, 2.45) is 22.7 Å². The van der Waals surface area contributed by atoms with Crippen LogP contribution in [-0.4, -0.2) is 25.9 Å². The fourth-order valence-electron chi connectivity index (χ4n) is 7.50. The molecule has 0 amide bonds. The Hall–Kier alpha value is -3.82. The van der Waals surface area contributed by atoms with Gasteiger partial charge in [0.2, 0.25) is 0 Å². The number of fused-ring (bicyclic) bond motifs is 2. The molecule has 4 aliphatic rings. The van der Waals surface area contributed by atoms with Gasteiger partial charge in [0.15, 0.2) is 0 Å². The molecule has 8 heteroatoms. The van der Waals surface area contributed by atoms with Crippen molar-refractivity contribution in [2.45, 2.75) is 19.3 Å². The Balaban J connectivity index is 1.67. The fraction of sp³-hybridized carbons (Fsp3) is 0.200. The largest absolute Gasteiger partial charge is 0.291 e. The van der Waals surface area contributed by atoms with Crippen LogP contribution in [0.5, 0.6) is 0 Å². The summed E-state index contributed by atoms with van der Waals surface area (Å²) in [7, 11) is -9.51. The molecule has 0 fully saturated rings. The molecule has 0 radical (unpaired) electrons. The van der Waals surface area contributed by atoms with Crippen molar-refractivity contribution in [1.29, 1.82) is 0 Å². The third kappa shape index (κ3) is 5.40. The van der Waals surface area contributed by atoms with Gasteiger partial charge in [-0.15, -0.1) is 0 Å². The fourth-order valence-corrected chi connectivity index (χ4v) is 9.55.